The molecule has 1 atom stereocenters. The third-order valence-electron chi connectivity index (χ3n) is 5.12. The van der Waals surface area contributed by atoms with Crippen LogP contribution < -0.4 is 10.6 Å². The highest BCUT2D eigenvalue weighted by Crippen LogP contribution is 2.23. The molecule has 0 aliphatic carbocycles. The highest BCUT2D eigenvalue weighted by Gasteiger charge is 2.32. The molecule has 1 unspecified atom stereocenters. The molecule has 1 saturated heterocycles. The van der Waals surface area contributed by atoms with Gasteiger partial charge in [-0.05, 0) is 36.2 Å². The number of rotatable bonds is 8. The Morgan fingerprint density at radius 2 is 1.65 bits per heavy atom. The fourth-order valence-corrected chi connectivity index (χ4v) is 4.82. The van der Waals surface area contributed by atoms with E-state index >= 15 is 0 Å². The minimum absolute atomic E-state index is 0.0501. The van der Waals surface area contributed by atoms with Gasteiger partial charge in [0, 0.05) is 36.8 Å². The number of carbonyl (C=O) groups is 2. The molecule has 0 bridgehead atoms. The zero-order chi connectivity index (χ0) is 22.3. The van der Waals surface area contributed by atoms with Gasteiger partial charge in [-0.1, -0.05) is 41.9 Å². The maximum atomic E-state index is 13.0. The SMILES string of the molecule is O=C(CCCNC(=O)C(c1ccccc1)N1CCS(=O)(=O)CC1)Nc1ccc(Cl)cc1. The lowest BCUT2D eigenvalue weighted by molar-refractivity contribution is -0.127. The van der Waals surface area contributed by atoms with Gasteiger partial charge in [0.15, 0.2) is 9.84 Å². The first-order valence-electron chi connectivity index (χ1n) is 10.2. The second-order valence-electron chi connectivity index (χ2n) is 7.45. The van der Waals surface area contributed by atoms with Crippen LogP contribution in [0.4, 0.5) is 5.69 Å². The summed E-state index contributed by atoms with van der Waals surface area (Å²) in [6, 6.07) is 15.6. The number of hydrogen-bond donors (Lipinski definition) is 2. The van der Waals surface area contributed by atoms with Crippen LogP contribution in [0.25, 0.3) is 0 Å². The monoisotopic (exact) mass is 463 g/mol. The van der Waals surface area contributed by atoms with Gasteiger partial charge < -0.3 is 10.6 Å². The highest BCUT2D eigenvalue weighted by molar-refractivity contribution is 7.91. The zero-order valence-corrected chi connectivity index (χ0v) is 18.7. The van der Waals surface area contributed by atoms with Gasteiger partial charge >= 0.3 is 0 Å². The van der Waals surface area contributed by atoms with Crippen LogP contribution in [-0.2, 0) is 19.4 Å². The van der Waals surface area contributed by atoms with E-state index in [9.17, 15) is 18.0 Å². The number of hydrogen-bond acceptors (Lipinski definition) is 5. The summed E-state index contributed by atoms with van der Waals surface area (Å²) in [4.78, 5) is 26.9. The Hall–Kier alpha value is -2.42. The van der Waals surface area contributed by atoms with Crippen molar-refractivity contribution >= 4 is 38.9 Å². The third kappa shape index (κ3) is 7.05. The van der Waals surface area contributed by atoms with E-state index in [1.807, 2.05) is 35.2 Å². The molecule has 0 aromatic heterocycles. The van der Waals surface area contributed by atoms with Crippen molar-refractivity contribution in [3.8, 4) is 0 Å². The number of nitrogens with one attached hydrogen (secondary N) is 2. The van der Waals surface area contributed by atoms with Crippen LogP contribution in [0.1, 0.15) is 24.4 Å². The van der Waals surface area contributed by atoms with Crippen molar-refractivity contribution in [1.29, 1.82) is 0 Å². The number of nitrogens with zero attached hydrogens (tertiary/aromatic N) is 1. The van der Waals surface area contributed by atoms with Gasteiger partial charge in [-0.3, -0.25) is 14.5 Å². The number of amides is 2. The fraction of sp³-hybridized carbons (Fsp3) is 0.364. The first kappa shape index (κ1) is 23.2. The standard InChI is InChI=1S/C22H26ClN3O4S/c23-18-8-10-19(11-9-18)25-20(27)7-4-12-24-22(28)21(17-5-2-1-3-6-17)26-13-15-31(29,30)16-14-26/h1-3,5-6,8-11,21H,4,7,12-16H2,(H,24,28)(H,25,27). The van der Waals surface area contributed by atoms with Gasteiger partial charge in [-0.25, -0.2) is 8.42 Å². The summed E-state index contributed by atoms with van der Waals surface area (Å²) >= 11 is 5.83. The van der Waals surface area contributed by atoms with E-state index in [0.29, 0.717) is 36.8 Å². The summed E-state index contributed by atoms with van der Waals surface area (Å²) in [5.41, 5.74) is 1.49. The number of benzene rings is 2. The molecule has 9 heteroatoms. The predicted molar refractivity (Wildman–Crippen MR) is 122 cm³/mol. The highest BCUT2D eigenvalue weighted by atomic mass is 35.5. The molecule has 31 heavy (non-hydrogen) atoms. The maximum absolute atomic E-state index is 13.0. The van der Waals surface area contributed by atoms with E-state index < -0.39 is 15.9 Å². The fourth-order valence-electron chi connectivity index (χ4n) is 3.46. The van der Waals surface area contributed by atoms with E-state index in [1.54, 1.807) is 24.3 Å². The van der Waals surface area contributed by atoms with Crippen LogP contribution >= 0.6 is 11.6 Å². The van der Waals surface area contributed by atoms with E-state index in [1.165, 1.54) is 0 Å². The van der Waals surface area contributed by atoms with E-state index in [-0.39, 0.29) is 29.7 Å². The molecule has 1 fully saturated rings. The largest absolute Gasteiger partial charge is 0.354 e. The lowest BCUT2D eigenvalue weighted by Crippen LogP contribution is -2.47. The van der Waals surface area contributed by atoms with Crippen LogP contribution in [0, 0.1) is 0 Å². The van der Waals surface area contributed by atoms with Gasteiger partial charge in [0.2, 0.25) is 11.8 Å². The van der Waals surface area contributed by atoms with Gasteiger partial charge in [-0.15, -0.1) is 0 Å². The molecule has 2 N–H and O–H groups in total. The van der Waals surface area contributed by atoms with Crippen molar-refractivity contribution in [2.24, 2.45) is 0 Å². The smallest absolute Gasteiger partial charge is 0.241 e. The Labute approximate surface area is 187 Å². The van der Waals surface area contributed by atoms with Crippen LogP contribution in [-0.4, -0.2) is 56.3 Å². The Kier molecular flexibility index (Phi) is 8.06. The second-order valence-corrected chi connectivity index (χ2v) is 10.2. The van der Waals surface area contributed by atoms with E-state index in [0.717, 1.165) is 5.56 Å². The topological polar surface area (TPSA) is 95.6 Å². The summed E-state index contributed by atoms with van der Waals surface area (Å²) in [6.45, 7) is 0.986. The van der Waals surface area contributed by atoms with Crippen molar-refractivity contribution < 1.29 is 18.0 Å². The van der Waals surface area contributed by atoms with Crippen LogP contribution in [0.2, 0.25) is 5.02 Å². The molecule has 2 aromatic rings. The minimum atomic E-state index is -3.04. The Balaban J connectivity index is 1.52. The molecule has 1 heterocycles. The summed E-state index contributed by atoms with van der Waals surface area (Å²) < 4.78 is 23.6. The number of carbonyl (C=O) groups excluding carboxylic acids is 2. The van der Waals surface area contributed by atoms with Crippen LogP contribution in [0.15, 0.2) is 54.6 Å². The third-order valence-corrected chi connectivity index (χ3v) is 6.98. The molecular weight excluding hydrogens is 438 g/mol. The molecule has 0 spiro atoms. The van der Waals surface area contributed by atoms with E-state index in [4.69, 9.17) is 11.6 Å². The first-order valence-corrected chi connectivity index (χ1v) is 12.4. The Morgan fingerprint density at radius 3 is 2.29 bits per heavy atom. The molecule has 7 nitrogen and oxygen atoms in total. The van der Waals surface area contributed by atoms with Crippen molar-refractivity contribution in [3.05, 3.63) is 65.2 Å². The number of sulfone groups is 1. The average molecular weight is 464 g/mol. The minimum Gasteiger partial charge on any atom is -0.354 e. The Bertz CT molecular complexity index is 983. The average Bonchev–Trinajstić information content (AvgIpc) is 2.75. The van der Waals surface area contributed by atoms with Crippen LogP contribution in [0.3, 0.4) is 0 Å². The summed E-state index contributed by atoms with van der Waals surface area (Å²) in [5, 5.41) is 6.29. The summed E-state index contributed by atoms with van der Waals surface area (Å²) in [5.74, 6) is -0.232. The molecule has 0 radical (unpaired) electrons. The zero-order valence-electron chi connectivity index (χ0n) is 17.1. The quantitative estimate of drug-likeness (QED) is 0.587. The molecule has 1 aliphatic heterocycles. The van der Waals surface area contributed by atoms with Crippen molar-refractivity contribution in [3.63, 3.8) is 0 Å². The summed E-state index contributed by atoms with van der Waals surface area (Å²) in [6.07, 6.45) is 0.752. The lowest BCUT2D eigenvalue weighted by atomic mass is 10.0. The summed E-state index contributed by atoms with van der Waals surface area (Å²) in [7, 11) is -3.04. The molecule has 1 aliphatic rings. The number of anilines is 1. The van der Waals surface area contributed by atoms with Crippen molar-refractivity contribution in [2.75, 3.05) is 36.5 Å². The molecule has 166 valence electrons. The molecular formula is C22H26ClN3O4S. The van der Waals surface area contributed by atoms with Gasteiger partial charge in [0.25, 0.3) is 0 Å². The molecule has 2 aromatic carbocycles. The van der Waals surface area contributed by atoms with Crippen molar-refractivity contribution in [1.82, 2.24) is 10.2 Å². The Morgan fingerprint density at radius 1 is 1.00 bits per heavy atom. The van der Waals surface area contributed by atoms with Crippen molar-refractivity contribution in [2.45, 2.75) is 18.9 Å². The lowest BCUT2D eigenvalue weighted by Gasteiger charge is -2.33. The van der Waals surface area contributed by atoms with Gasteiger partial charge in [0.1, 0.15) is 6.04 Å². The molecule has 2 amide bonds. The van der Waals surface area contributed by atoms with E-state index in [2.05, 4.69) is 10.6 Å². The van der Waals surface area contributed by atoms with Gasteiger partial charge in [0.05, 0.1) is 11.5 Å². The van der Waals surface area contributed by atoms with Gasteiger partial charge in [-0.2, -0.15) is 0 Å². The molecule has 3 rings (SSSR count). The first-order chi connectivity index (χ1) is 14.8. The predicted octanol–water partition coefficient (Wildman–Crippen LogP) is 2.65. The number of halogens is 1. The second kappa shape index (κ2) is 10.7. The molecule has 0 saturated carbocycles. The van der Waals surface area contributed by atoms with Crippen LogP contribution in [0.5, 0.6) is 0 Å². The normalized spacial score (nSPS) is 16.9. The maximum Gasteiger partial charge on any atom is 0.241 e.